The quantitative estimate of drug-likeness (QED) is 0.253. The number of imidazole rings is 1. The Bertz CT molecular complexity index is 1590. The van der Waals surface area contributed by atoms with Crippen LogP contribution in [-0.2, 0) is 20.0 Å². The smallest absolute Gasteiger partial charge is 0.254 e. The minimum Gasteiger partial charge on any atom is -0.494 e. The lowest BCUT2D eigenvalue weighted by Gasteiger charge is -2.32. The first kappa shape index (κ1) is 27.8. The molecule has 4 aromatic rings. The van der Waals surface area contributed by atoms with Crippen molar-refractivity contribution in [3.63, 3.8) is 0 Å². The Hall–Kier alpha value is -3.32. The fourth-order valence-electron chi connectivity index (χ4n) is 6.56. The van der Waals surface area contributed by atoms with Crippen LogP contribution in [0.3, 0.4) is 0 Å². The van der Waals surface area contributed by atoms with Gasteiger partial charge in [0.25, 0.3) is 5.91 Å². The van der Waals surface area contributed by atoms with Gasteiger partial charge in [-0.2, -0.15) is 0 Å². The van der Waals surface area contributed by atoms with Gasteiger partial charge in [-0.1, -0.05) is 31.5 Å². The molecule has 41 heavy (non-hydrogen) atoms. The number of ether oxygens (including phenoxy) is 1. The molecule has 1 aliphatic carbocycles. The SMILES string of the molecule is CC[C@@H]1CCCN(C(=O)c2cc(OC)c3c(c2)nc(-c2cc4cccc(CCC(C)(C)O)c4n2CC2CC2)n3C)C1. The van der Waals surface area contributed by atoms with Crippen LogP contribution in [0.1, 0.15) is 75.2 Å². The fraction of sp³-hybridized carbons (Fsp3) is 0.529. The Morgan fingerprint density at radius 2 is 1.93 bits per heavy atom. The predicted molar refractivity (Wildman–Crippen MR) is 164 cm³/mol. The molecule has 0 unspecified atom stereocenters. The Morgan fingerprint density at radius 3 is 2.63 bits per heavy atom. The van der Waals surface area contributed by atoms with Gasteiger partial charge in [0.05, 0.1) is 29.4 Å². The number of hydrogen-bond donors (Lipinski definition) is 1. The lowest BCUT2D eigenvalue weighted by Crippen LogP contribution is -2.39. The summed E-state index contributed by atoms with van der Waals surface area (Å²) in [6.45, 7) is 8.54. The van der Waals surface area contributed by atoms with Crippen LogP contribution in [0.25, 0.3) is 33.5 Å². The summed E-state index contributed by atoms with van der Waals surface area (Å²) >= 11 is 0. The van der Waals surface area contributed by atoms with Gasteiger partial charge in [0, 0.05) is 37.6 Å². The lowest BCUT2D eigenvalue weighted by atomic mass is 9.95. The number of benzene rings is 2. The van der Waals surface area contributed by atoms with Crippen molar-refractivity contribution in [2.75, 3.05) is 20.2 Å². The molecule has 0 bridgehead atoms. The molecule has 7 nitrogen and oxygen atoms in total. The zero-order valence-electron chi connectivity index (χ0n) is 25.2. The second kappa shape index (κ2) is 10.8. The Morgan fingerprint density at radius 1 is 1.12 bits per heavy atom. The third-order valence-electron chi connectivity index (χ3n) is 9.16. The van der Waals surface area contributed by atoms with Gasteiger partial charge in [0.1, 0.15) is 11.3 Å². The standard InChI is InChI=1S/C34H44N4O3/c1-6-22-9-8-16-37(20-22)33(39)26-17-27-31(29(19-26)41-5)36(4)32(35-27)28-18-25-11-7-10-24(14-15-34(2,3)40)30(25)38(28)21-23-12-13-23/h7,10-11,17-19,22-23,40H,6,8-9,12-16,20-21H2,1-5H3/t22-/m1/s1. The van der Waals surface area contributed by atoms with E-state index in [9.17, 15) is 9.90 Å². The van der Waals surface area contributed by atoms with E-state index in [1.165, 1.54) is 35.7 Å². The molecule has 0 radical (unpaired) electrons. The molecule has 3 heterocycles. The highest BCUT2D eigenvalue weighted by Gasteiger charge is 2.29. The van der Waals surface area contributed by atoms with E-state index in [-0.39, 0.29) is 5.91 Å². The molecule has 7 heteroatoms. The molecule has 1 amide bonds. The summed E-state index contributed by atoms with van der Waals surface area (Å²) in [5, 5.41) is 11.6. The number of rotatable bonds is 9. The van der Waals surface area contributed by atoms with Crippen molar-refractivity contribution in [3.8, 4) is 17.3 Å². The average Bonchev–Trinajstić information content (AvgIpc) is 3.63. The molecule has 218 valence electrons. The largest absolute Gasteiger partial charge is 0.494 e. The maximum Gasteiger partial charge on any atom is 0.254 e. The molecule has 1 atom stereocenters. The molecule has 2 aromatic carbocycles. The second-order valence-corrected chi connectivity index (χ2v) is 13.0. The minimum absolute atomic E-state index is 0.0647. The number of para-hydroxylation sites is 1. The summed E-state index contributed by atoms with van der Waals surface area (Å²) < 4.78 is 10.4. The van der Waals surface area contributed by atoms with Crippen molar-refractivity contribution in [2.24, 2.45) is 18.9 Å². The van der Waals surface area contributed by atoms with Gasteiger partial charge in [-0.3, -0.25) is 4.79 Å². The summed E-state index contributed by atoms with van der Waals surface area (Å²) in [5.74, 6) is 2.86. The Kier molecular flexibility index (Phi) is 7.35. The normalized spacial score (nSPS) is 18.0. The molecule has 2 fully saturated rings. The van der Waals surface area contributed by atoms with Crippen LogP contribution in [0.15, 0.2) is 36.4 Å². The third-order valence-corrected chi connectivity index (χ3v) is 9.16. The molecule has 1 N–H and O–H groups in total. The van der Waals surface area contributed by atoms with Gasteiger partial charge >= 0.3 is 0 Å². The van der Waals surface area contributed by atoms with E-state index in [0.29, 0.717) is 29.6 Å². The van der Waals surface area contributed by atoms with Crippen LogP contribution in [0.5, 0.6) is 5.75 Å². The lowest BCUT2D eigenvalue weighted by molar-refractivity contribution is 0.0670. The average molecular weight is 557 g/mol. The highest BCUT2D eigenvalue weighted by Crippen LogP contribution is 2.39. The molecule has 1 aliphatic heterocycles. The first-order valence-electron chi connectivity index (χ1n) is 15.3. The predicted octanol–water partition coefficient (Wildman–Crippen LogP) is 6.58. The molecule has 2 aliphatic rings. The minimum atomic E-state index is -0.715. The van der Waals surface area contributed by atoms with E-state index in [1.807, 2.05) is 37.9 Å². The van der Waals surface area contributed by atoms with Crippen LogP contribution >= 0.6 is 0 Å². The van der Waals surface area contributed by atoms with Crippen molar-refractivity contribution in [1.29, 1.82) is 0 Å². The number of fused-ring (bicyclic) bond motifs is 2. The number of amides is 1. The van der Waals surface area contributed by atoms with Crippen molar-refractivity contribution in [3.05, 3.63) is 47.5 Å². The van der Waals surface area contributed by atoms with E-state index in [1.54, 1.807) is 7.11 Å². The number of aromatic nitrogens is 3. The maximum atomic E-state index is 13.6. The zero-order chi connectivity index (χ0) is 28.9. The van der Waals surface area contributed by atoms with Gasteiger partial charge in [-0.25, -0.2) is 4.98 Å². The van der Waals surface area contributed by atoms with Crippen LogP contribution in [0.2, 0.25) is 0 Å². The van der Waals surface area contributed by atoms with E-state index in [2.05, 4.69) is 40.3 Å². The van der Waals surface area contributed by atoms with Gasteiger partial charge in [-0.15, -0.1) is 0 Å². The van der Waals surface area contributed by atoms with Crippen LogP contribution in [0.4, 0.5) is 0 Å². The molecule has 6 rings (SSSR count). The van der Waals surface area contributed by atoms with E-state index >= 15 is 0 Å². The monoisotopic (exact) mass is 556 g/mol. The Labute approximate surface area is 243 Å². The first-order valence-corrected chi connectivity index (χ1v) is 15.3. The van der Waals surface area contributed by atoms with Crippen LogP contribution in [0, 0.1) is 11.8 Å². The number of likely N-dealkylation sites (tertiary alicyclic amines) is 1. The van der Waals surface area contributed by atoms with Crippen LogP contribution in [-0.4, -0.2) is 55.8 Å². The Balaban J connectivity index is 1.45. The summed E-state index contributed by atoms with van der Waals surface area (Å²) in [4.78, 5) is 20.8. The molecular formula is C34H44N4O3. The topological polar surface area (TPSA) is 72.5 Å². The van der Waals surface area contributed by atoms with E-state index in [0.717, 1.165) is 61.4 Å². The van der Waals surface area contributed by atoms with Crippen LogP contribution < -0.4 is 4.74 Å². The summed E-state index contributed by atoms with van der Waals surface area (Å²) in [7, 11) is 3.71. The molecule has 2 aromatic heterocycles. The number of methoxy groups -OCH3 is 1. The van der Waals surface area contributed by atoms with Gasteiger partial charge in [-0.05, 0) is 88.0 Å². The summed E-state index contributed by atoms with van der Waals surface area (Å²) in [6.07, 6.45) is 7.37. The molecule has 1 saturated heterocycles. The van der Waals surface area contributed by atoms with E-state index in [4.69, 9.17) is 9.72 Å². The number of aryl methyl sites for hydroxylation is 2. The number of carbonyl (C=O) groups is 1. The second-order valence-electron chi connectivity index (χ2n) is 13.0. The van der Waals surface area contributed by atoms with Gasteiger partial charge in [0.2, 0.25) is 0 Å². The summed E-state index contributed by atoms with van der Waals surface area (Å²) in [6, 6.07) is 12.6. The third kappa shape index (κ3) is 5.49. The number of piperidine rings is 1. The zero-order valence-corrected chi connectivity index (χ0v) is 25.2. The summed E-state index contributed by atoms with van der Waals surface area (Å²) in [5.41, 5.74) is 5.18. The number of carbonyl (C=O) groups excluding carboxylic acids is 1. The molecule has 1 saturated carbocycles. The fourth-order valence-corrected chi connectivity index (χ4v) is 6.56. The van der Waals surface area contributed by atoms with Crippen molar-refractivity contribution in [2.45, 2.75) is 77.9 Å². The number of hydrogen-bond acceptors (Lipinski definition) is 4. The molecular weight excluding hydrogens is 512 g/mol. The highest BCUT2D eigenvalue weighted by atomic mass is 16.5. The van der Waals surface area contributed by atoms with Crippen molar-refractivity contribution < 1.29 is 14.6 Å². The first-order chi connectivity index (χ1) is 19.7. The van der Waals surface area contributed by atoms with Crippen molar-refractivity contribution >= 4 is 27.8 Å². The maximum absolute atomic E-state index is 13.6. The highest BCUT2D eigenvalue weighted by molar-refractivity contribution is 6.00. The van der Waals surface area contributed by atoms with Gasteiger partial charge in [0.15, 0.2) is 5.82 Å². The molecule has 0 spiro atoms. The number of aliphatic hydroxyl groups is 1. The van der Waals surface area contributed by atoms with Crippen molar-refractivity contribution in [1.82, 2.24) is 19.0 Å². The van der Waals surface area contributed by atoms with E-state index < -0.39 is 5.60 Å². The number of nitrogens with zero attached hydrogens (tertiary/aromatic N) is 4. The van der Waals surface area contributed by atoms with Gasteiger partial charge < -0.3 is 23.9 Å².